The van der Waals surface area contributed by atoms with E-state index in [2.05, 4.69) is 29.3 Å². The third-order valence-corrected chi connectivity index (χ3v) is 3.50. The third-order valence-electron chi connectivity index (χ3n) is 3.50. The minimum atomic E-state index is 0.602. The van der Waals surface area contributed by atoms with E-state index >= 15 is 0 Å². The lowest BCUT2D eigenvalue weighted by Gasteiger charge is -2.33. The molecule has 1 atom stereocenters. The average molecular weight is 264 g/mol. The predicted molar refractivity (Wildman–Crippen MR) is 76.6 cm³/mol. The molecule has 1 aliphatic rings. The second kappa shape index (κ2) is 7.48. The maximum atomic E-state index is 5.56. The molecule has 1 N–H and O–H groups in total. The quantitative estimate of drug-likeness (QED) is 0.790. The fourth-order valence-electron chi connectivity index (χ4n) is 2.29. The fourth-order valence-corrected chi connectivity index (χ4v) is 2.29. The molecular formula is C15H24N2O2. The molecule has 19 heavy (non-hydrogen) atoms. The summed E-state index contributed by atoms with van der Waals surface area (Å²) in [5.74, 6) is 0.911. The van der Waals surface area contributed by atoms with E-state index in [1.54, 1.807) is 7.11 Å². The van der Waals surface area contributed by atoms with Crippen LogP contribution in [0.2, 0.25) is 0 Å². The Kier molecular flexibility index (Phi) is 5.63. The summed E-state index contributed by atoms with van der Waals surface area (Å²) in [6.07, 6.45) is 0. The molecule has 0 bridgehead atoms. The van der Waals surface area contributed by atoms with Gasteiger partial charge in [0, 0.05) is 39.3 Å². The lowest BCUT2D eigenvalue weighted by molar-refractivity contribution is 0.146. The van der Waals surface area contributed by atoms with Gasteiger partial charge in [-0.25, -0.2) is 0 Å². The van der Waals surface area contributed by atoms with Gasteiger partial charge < -0.3 is 14.8 Å². The zero-order chi connectivity index (χ0) is 13.5. The Bertz CT molecular complexity index is 367. The van der Waals surface area contributed by atoms with Crippen molar-refractivity contribution in [2.45, 2.75) is 19.5 Å². The second-order valence-corrected chi connectivity index (χ2v) is 5.01. The van der Waals surface area contributed by atoms with Gasteiger partial charge in [0.15, 0.2) is 0 Å². The van der Waals surface area contributed by atoms with Crippen molar-refractivity contribution in [2.24, 2.45) is 0 Å². The van der Waals surface area contributed by atoms with Crippen molar-refractivity contribution in [1.82, 2.24) is 10.2 Å². The summed E-state index contributed by atoms with van der Waals surface area (Å²) in [5.41, 5.74) is 1.34. The minimum absolute atomic E-state index is 0.602. The first-order chi connectivity index (χ1) is 9.29. The number of ether oxygens (including phenoxy) is 2. The van der Waals surface area contributed by atoms with Crippen molar-refractivity contribution < 1.29 is 9.47 Å². The zero-order valence-corrected chi connectivity index (χ0v) is 11.9. The van der Waals surface area contributed by atoms with Crippen LogP contribution in [0.1, 0.15) is 12.5 Å². The van der Waals surface area contributed by atoms with Gasteiger partial charge in [-0.15, -0.1) is 0 Å². The molecular weight excluding hydrogens is 240 g/mol. The molecule has 1 heterocycles. The highest BCUT2D eigenvalue weighted by Gasteiger charge is 2.17. The highest BCUT2D eigenvalue weighted by molar-refractivity contribution is 5.27. The summed E-state index contributed by atoms with van der Waals surface area (Å²) >= 11 is 0. The van der Waals surface area contributed by atoms with Gasteiger partial charge in [-0.1, -0.05) is 12.1 Å². The normalized spacial score (nSPS) is 20.4. The van der Waals surface area contributed by atoms with Crippen molar-refractivity contribution in [3.63, 3.8) is 0 Å². The van der Waals surface area contributed by atoms with Gasteiger partial charge in [0.2, 0.25) is 0 Å². The first-order valence-corrected chi connectivity index (χ1v) is 6.95. The molecule has 2 rings (SSSR count). The molecule has 0 saturated carbocycles. The molecule has 1 unspecified atom stereocenters. The molecule has 0 spiro atoms. The summed E-state index contributed by atoms with van der Waals surface area (Å²) in [7, 11) is 1.68. The van der Waals surface area contributed by atoms with Crippen LogP contribution in [-0.4, -0.2) is 50.9 Å². The van der Waals surface area contributed by atoms with Crippen LogP contribution in [0, 0.1) is 0 Å². The number of hydrogen-bond acceptors (Lipinski definition) is 4. The second-order valence-electron chi connectivity index (χ2n) is 5.01. The third kappa shape index (κ3) is 4.49. The van der Waals surface area contributed by atoms with Crippen molar-refractivity contribution >= 4 is 0 Å². The summed E-state index contributed by atoms with van der Waals surface area (Å²) in [6, 6.07) is 8.98. The lowest BCUT2D eigenvalue weighted by Crippen LogP contribution is -2.49. The van der Waals surface area contributed by atoms with Crippen LogP contribution in [0.25, 0.3) is 0 Å². The molecule has 0 amide bonds. The zero-order valence-electron chi connectivity index (χ0n) is 11.9. The monoisotopic (exact) mass is 264 g/mol. The molecule has 1 saturated heterocycles. The topological polar surface area (TPSA) is 33.7 Å². The maximum absolute atomic E-state index is 5.56. The number of nitrogens with zero attached hydrogens (tertiary/aromatic N) is 1. The predicted octanol–water partition coefficient (Wildman–Crippen LogP) is 1.51. The molecule has 0 aromatic heterocycles. The lowest BCUT2D eigenvalue weighted by atomic mass is 10.1. The van der Waals surface area contributed by atoms with E-state index in [1.165, 1.54) is 5.56 Å². The first kappa shape index (κ1) is 14.3. The van der Waals surface area contributed by atoms with Gasteiger partial charge in [0.25, 0.3) is 0 Å². The molecule has 1 aliphatic heterocycles. The smallest absolute Gasteiger partial charge is 0.119 e. The van der Waals surface area contributed by atoms with Gasteiger partial charge >= 0.3 is 0 Å². The van der Waals surface area contributed by atoms with Crippen LogP contribution in [0.4, 0.5) is 0 Å². The van der Waals surface area contributed by atoms with E-state index in [-0.39, 0.29) is 0 Å². The number of nitrogens with one attached hydrogen (secondary N) is 1. The van der Waals surface area contributed by atoms with Crippen LogP contribution in [-0.2, 0) is 11.3 Å². The Morgan fingerprint density at radius 1 is 1.26 bits per heavy atom. The number of hydrogen-bond donors (Lipinski definition) is 1. The van der Waals surface area contributed by atoms with Gasteiger partial charge in [-0.3, -0.25) is 4.90 Å². The number of benzene rings is 1. The van der Waals surface area contributed by atoms with Gasteiger partial charge in [-0.05, 0) is 24.6 Å². The van der Waals surface area contributed by atoms with Gasteiger partial charge in [0.05, 0.1) is 6.61 Å². The molecule has 0 aliphatic carbocycles. The number of rotatable bonds is 6. The Hall–Kier alpha value is -1.10. The summed E-state index contributed by atoms with van der Waals surface area (Å²) in [6.45, 7) is 7.80. The van der Waals surface area contributed by atoms with E-state index in [9.17, 15) is 0 Å². The summed E-state index contributed by atoms with van der Waals surface area (Å²) in [4.78, 5) is 2.51. The Morgan fingerprint density at radius 3 is 2.74 bits per heavy atom. The molecule has 4 nitrogen and oxygen atoms in total. The van der Waals surface area contributed by atoms with E-state index < -0.39 is 0 Å². The Labute approximate surface area is 115 Å². The molecule has 106 valence electrons. The highest BCUT2D eigenvalue weighted by atomic mass is 16.5. The molecule has 4 heteroatoms. The summed E-state index contributed by atoms with van der Waals surface area (Å²) < 4.78 is 10.5. The largest absolute Gasteiger partial charge is 0.491 e. The number of piperazine rings is 1. The number of methoxy groups -OCH3 is 1. The Balaban J connectivity index is 1.84. The maximum Gasteiger partial charge on any atom is 0.119 e. The van der Waals surface area contributed by atoms with Crippen molar-refractivity contribution in [2.75, 3.05) is 40.0 Å². The fraction of sp³-hybridized carbons (Fsp3) is 0.600. The van der Waals surface area contributed by atoms with Crippen LogP contribution < -0.4 is 10.1 Å². The average Bonchev–Trinajstić information content (AvgIpc) is 2.44. The van der Waals surface area contributed by atoms with E-state index in [1.807, 2.05) is 12.1 Å². The molecule has 1 aromatic carbocycles. The van der Waals surface area contributed by atoms with E-state index in [0.29, 0.717) is 19.3 Å². The van der Waals surface area contributed by atoms with Crippen LogP contribution in [0.3, 0.4) is 0 Å². The van der Waals surface area contributed by atoms with E-state index in [4.69, 9.17) is 9.47 Å². The highest BCUT2D eigenvalue weighted by Crippen LogP contribution is 2.15. The standard InChI is InChI=1S/C15H24N2O2/c1-13-11-16-7-8-17(13)12-14-3-5-15(6-4-14)19-10-9-18-2/h3-6,13,16H,7-12H2,1-2H3. The molecule has 1 aromatic rings. The van der Waals surface area contributed by atoms with E-state index in [0.717, 1.165) is 31.9 Å². The minimum Gasteiger partial charge on any atom is -0.491 e. The van der Waals surface area contributed by atoms with Crippen molar-refractivity contribution in [1.29, 1.82) is 0 Å². The van der Waals surface area contributed by atoms with Gasteiger partial charge in [0.1, 0.15) is 12.4 Å². The molecule has 1 fully saturated rings. The van der Waals surface area contributed by atoms with Crippen LogP contribution >= 0.6 is 0 Å². The van der Waals surface area contributed by atoms with Crippen LogP contribution in [0.15, 0.2) is 24.3 Å². The SMILES string of the molecule is COCCOc1ccc(CN2CCNCC2C)cc1. The summed E-state index contributed by atoms with van der Waals surface area (Å²) in [5, 5.41) is 3.41. The first-order valence-electron chi connectivity index (χ1n) is 6.95. The van der Waals surface area contributed by atoms with Crippen LogP contribution in [0.5, 0.6) is 5.75 Å². The molecule has 0 radical (unpaired) electrons. The van der Waals surface area contributed by atoms with Crippen molar-refractivity contribution in [3.8, 4) is 5.75 Å². The van der Waals surface area contributed by atoms with Gasteiger partial charge in [-0.2, -0.15) is 0 Å². The van der Waals surface area contributed by atoms with Crippen molar-refractivity contribution in [3.05, 3.63) is 29.8 Å². The Morgan fingerprint density at radius 2 is 2.05 bits per heavy atom.